The van der Waals surface area contributed by atoms with Crippen molar-refractivity contribution < 1.29 is 13.8 Å². The van der Waals surface area contributed by atoms with E-state index in [-0.39, 0.29) is 18.3 Å². The highest BCUT2D eigenvalue weighted by Crippen LogP contribution is 2.37. The highest BCUT2D eigenvalue weighted by Gasteiger charge is 2.53. The van der Waals surface area contributed by atoms with Gasteiger partial charge in [0.1, 0.15) is 5.76 Å². The molecule has 1 fully saturated rings. The molecule has 0 saturated carbocycles. The van der Waals surface area contributed by atoms with E-state index in [1.807, 2.05) is 0 Å². The summed E-state index contributed by atoms with van der Waals surface area (Å²) in [6.07, 6.45) is 1.62. The van der Waals surface area contributed by atoms with E-state index in [0.717, 1.165) is 29.8 Å². The smallest absolute Gasteiger partial charge is 0.399 e. The Morgan fingerprint density at radius 3 is 2.00 bits per heavy atom. The van der Waals surface area contributed by atoms with Crippen LogP contribution in [0.5, 0.6) is 0 Å². The lowest BCUT2D eigenvalue weighted by molar-refractivity contribution is 0.00578. The van der Waals surface area contributed by atoms with Crippen LogP contribution in [0, 0.1) is 0 Å². The maximum absolute atomic E-state index is 6.07. The van der Waals surface area contributed by atoms with Crippen LogP contribution >= 0.6 is 0 Å². The van der Waals surface area contributed by atoms with Gasteiger partial charge in [0.15, 0.2) is 0 Å². The van der Waals surface area contributed by atoms with Crippen molar-refractivity contribution in [3.8, 4) is 0 Å². The third-order valence-electron chi connectivity index (χ3n) is 4.02. The molecule has 0 spiro atoms. The molecule has 18 heavy (non-hydrogen) atoms. The fourth-order valence-electron chi connectivity index (χ4n) is 2.11. The Morgan fingerprint density at radius 2 is 1.56 bits per heavy atom. The van der Waals surface area contributed by atoms with Gasteiger partial charge in [-0.25, -0.2) is 0 Å². The molecule has 1 aliphatic heterocycles. The molecule has 2 heterocycles. The topological polar surface area (TPSA) is 44.5 Å². The lowest BCUT2D eigenvalue weighted by atomic mass is 9.76. The number of rotatable bonds is 3. The summed E-state index contributed by atoms with van der Waals surface area (Å²) in [6, 6.07) is 0. The van der Waals surface area contributed by atoms with Crippen LogP contribution in [0.4, 0.5) is 0 Å². The summed E-state index contributed by atoms with van der Waals surface area (Å²) in [5.74, 6) is 0.866. The first-order chi connectivity index (χ1) is 8.32. The molecule has 0 bridgehead atoms. The van der Waals surface area contributed by atoms with Crippen molar-refractivity contribution in [3.05, 3.63) is 11.5 Å². The Hall–Kier alpha value is -0.805. The van der Waals surface area contributed by atoms with Gasteiger partial charge in [-0.2, -0.15) is 0 Å². The van der Waals surface area contributed by atoms with Crippen molar-refractivity contribution in [2.45, 2.75) is 65.6 Å². The summed E-state index contributed by atoms with van der Waals surface area (Å²) in [6.45, 7) is 12.3. The monoisotopic (exact) mass is 251 g/mol. The Kier molecular flexibility index (Phi) is 3.32. The van der Waals surface area contributed by atoms with Crippen molar-refractivity contribution in [2.24, 2.45) is 0 Å². The summed E-state index contributed by atoms with van der Waals surface area (Å²) < 4.78 is 17.5. The Bertz CT molecular complexity index is 402. The highest BCUT2D eigenvalue weighted by atomic mass is 16.7. The largest absolute Gasteiger partial charge is 0.500 e. The Labute approximate surface area is 109 Å². The number of hydrogen-bond donors (Lipinski definition) is 0. The van der Waals surface area contributed by atoms with Crippen LogP contribution < -0.4 is 5.46 Å². The SMILES string of the molecule is CCc1noc(CC)c1B1OC(C)(C)C(C)(C)O1. The van der Waals surface area contributed by atoms with Crippen LogP contribution in [-0.2, 0) is 22.2 Å². The fraction of sp³-hybridized carbons (Fsp3) is 0.769. The minimum Gasteiger partial charge on any atom is -0.399 e. The van der Waals surface area contributed by atoms with Crippen LogP contribution in [0.2, 0.25) is 0 Å². The van der Waals surface area contributed by atoms with E-state index in [2.05, 4.69) is 46.7 Å². The van der Waals surface area contributed by atoms with E-state index in [4.69, 9.17) is 13.8 Å². The Morgan fingerprint density at radius 1 is 1.00 bits per heavy atom. The first-order valence-corrected chi connectivity index (χ1v) is 6.65. The second-order valence-corrected chi connectivity index (χ2v) is 5.76. The second kappa shape index (κ2) is 4.39. The summed E-state index contributed by atoms with van der Waals surface area (Å²) in [5, 5.41) is 4.11. The minimum atomic E-state index is -0.369. The van der Waals surface area contributed by atoms with Gasteiger partial charge >= 0.3 is 7.12 Å². The zero-order chi connectivity index (χ0) is 13.6. The van der Waals surface area contributed by atoms with Gasteiger partial charge in [0, 0.05) is 11.9 Å². The molecule has 1 aliphatic rings. The van der Waals surface area contributed by atoms with Crippen LogP contribution in [0.3, 0.4) is 0 Å². The van der Waals surface area contributed by atoms with Gasteiger partial charge in [-0.3, -0.25) is 0 Å². The second-order valence-electron chi connectivity index (χ2n) is 5.76. The van der Waals surface area contributed by atoms with Gasteiger partial charge in [-0.05, 0) is 34.1 Å². The third-order valence-corrected chi connectivity index (χ3v) is 4.02. The van der Waals surface area contributed by atoms with E-state index in [9.17, 15) is 0 Å². The Balaban J connectivity index is 2.37. The zero-order valence-corrected chi connectivity index (χ0v) is 12.2. The van der Waals surface area contributed by atoms with Crippen molar-refractivity contribution in [1.82, 2.24) is 5.16 Å². The number of aryl methyl sites for hydroxylation is 2. The van der Waals surface area contributed by atoms with E-state index >= 15 is 0 Å². The molecule has 0 radical (unpaired) electrons. The van der Waals surface area contributed by atoms with E-state index in [1.54, 1.807) is 0 Å². The van der Waals surface area contributed by atoms with Gasteiger partial charge in [0.05, 0.1) is 16.9 Å². The number of nitrogens with zero attached hydrogens (tertiary/aromatic N) is 1. The van der Waals surface area contributed by atoms with Gasteiger partial charge in [-0.15, -0.1) is 0 Å². The molecule has 1 saturated heterocycles. The van der Waals surface area contributed by atoms with Gasteiger partial charge in [0.2, 0.25) is 0 Å². The van der Waals surface area contributed by atoms with Crippen molar-refractivity contribution in [3.63, 3.8) is 0 Å². The van der Waals surface area contributed by atoms with Crippen molar-refractivity contribution >= 4 is 12.6 Å². The van der Waals surface area contributed by atoms with E-state index in [1.165, 1.54) is 0 Å². The molecular weight excluding hydrogens is 229 g/mol. The third kappa shape index (κ3) is 1.99. The average molecular weight is 251 g/mol. The molecule has 4 nitrogen and oxygen atoms in total. The van der Waals surface area contributed by atoms with Gasteiger partial charge in [-0.1, -0.05) is 19.0 Å². The van der Waals surface area contributed by atoms with Crippen LogP contribution in [0.25, 0.3) is 0 Å². The molecule has 0 amide bonds. The maximum Gasteiger partial charge on any atom is 0.500 e. The lowest BCUT2D eigenvalue weighted by Crippen LogP contribution is -2.41. The summed E-state index contributed by atoms with van der Waals surface area (Å²) >= 11 is 0. The van der Waals surface area contributed by atoms with Crippen LogP contribution in [0.1, 0.15) is 53.0 Å². The molecule has 1 aromatic rings. The molecule has 0 unspecified atom stereocenters. The normalized spacial score (nSPS) is 21.6. The quantitative estimate of drug-likeness (QED) is 0.771. The molecule has 1 aromatic heterocycles. The summed E-state index contributed by atoms with van der Waals surface area (Å²) in [4.78, 5) is 0. The standard InChI is InChI=1S/C13H22BNO3/c1-7-9-11(10(8-2)16-15-9)14-17-12(3,4)13(5,6)18-14/h7-8H2,1-6H3. The number of aromatic nitrogens is 1. The van der Waals surface area contributed by atoms with Crippen molar-refractivity contribution in [2.75, 3.05) is 0 Å². The van der Waals surface area contributed by atoms with Crippen molar-refractivity contribution in [1.29, 1.82) is 0 Å². The lowest BCUT2D eigenvalue weighted by Gasteiger charge is -2.32. The van der Waals surface area contributed by atoms with Crippen LogP contribution in [0.15, 0.2) is 4.52 Å². The highest BCUT2D eigenvalue weighted by molar-refractivity contribution is 6.63. The van der Waals surface area contributed by atoms with E-state index < -0.39 is 0 Å². The number of hydrogen-bond acceptors (Lipinski definition) is 4. The summed E-state index contributed by atoms with van der Waals surface area (Å²) in [7, 11) is -0.369. The molecule has 0 N–H and O–H groups in total. The first-order valence-electron chi connectivity index (χ1n) is 6.65. The molecule has 5 heteroatoms. The molecule has 0 atom stereocenters. The molecular formula is C13H22BNO3. The van der Waals surface area contributed by atoms with Crippen LogP contribution in [-0.4, -0.2) is 23.5 Å². The van der Waals surface area contributed by atoms with E-state index in [0.29, 0.717) is 0 Å². The zero-order valence-electron chi connectivity index (χ0n) is 12.2. The molecule has 0 aliphatic carbocycles. The first kappa shape index (κ1) is 13.6. The fourth-order valence-corrected chi connectivity index (χ4v) is 2.11. The van der Waals surface area contributed by atoms with Gasteiger partial charge in [0.25, 0.3) is 0 Å². The molecule has 2 rings (SSSR count). The maximum atomic E-state index is 6.07. The predicted octanol–water partition coefficient (Wildman–Crippen LogP) is 2.10. The summed E-state index contributed by atoms with van der Waals surface area (Å²) in [5.41, 5.74) is 1.26. The average Bonchev–Trinajstić information content (AvgIpc) is 2.77. The molecule has 100 valence electrons. The minimum absolute atomic E-state index is 0.328. The van der Waals surface area contributed by atoms with Gasteiger partial charge < -0.3 is 13.8 Å². The predicted molar refractivity (Wildman–Crippen MR) is 71.0 cm³/mol. The molecule has 0 aromatic carbocycles.